The highest BCUT2D eigenvalue weighted by atomic mass is 19.2. The quantitative estimate of drug-likeness (QED) is 0.667. The Labute approximate surface area is 151 Å². The second-order valence-corrected chi connectivity index (χ2v) is 6.51. The van der Waals surface area contributed by atoms with Crippen molar-refractivity contribution in [3.63, 3.8) is 0 Å². The minimum atomic E-state index is -1.57. The Hall–Kier alpha value is -3.28. The van der Waals surface area contributed by atoms with Crippen LogP contribution in [0.4, 0.5) is 24.7 Å². The summed E-state index contributed by atoms with van der Waals surface area (Å²) in [4.78, 5) is 14.9. The monoisotopic (exact) mass is 373 g/mol. The Morgan fingerprint density at radius 2 is 2.04 bits per heavy atom. The number of hydrogen-bond donors (Lipinski definition) is 2. The average Bonchev–Trinajstić information content (AvgIpc) is 3.40. The molecule has 1 aliphatic rings. The normalized spacial score (nSPS) is 14.9. The third-order valence-corrected chi connectivity index (χ3v) is 4.66. The molecule has 0 radical (unpaired) electrons. The molecule has 27 heavy (non-hydrogen) atoms. The number of rotatable bonds is 5. The minimum Gasteiger partial charge on any atom is -0.338 e. The van der Waals surface area contributed by atoms with Gasteiger partial charge in [0.05, 0.1) is 24.0 Å². The van der Waals surface area contributed by atoms with Crippen LogP contribution in [-0.4, -0.2) is 14.8 Å². The van der Waals surface area contributed by atoms with Crippen LogP contribution in [0.15, 0.2) is 29.2 Å². The van der Waals surface area contributed by atoms with E-state index in [1.807, 2.05) is 0 Å². The number of benzene rings is 1. The van der Waals surface area contributed by atoms with E-state index in [9.17, 15) is 18.0 Å². The van der Waals surface area contributed by atoms with Gasteiger partial charge in [-0.2, -0.15) is 10.4 Å². The van der Waals surface area contributed by atoms with Crippen molar-refractivity contribution in [1.29, 1.82) is 5.26 Å². The van der Waals surface area contributed by atoms with Crippen molar-refractivity contribution in [1.82, 2.24) is 14.8 Å². The Kier molecular flexibility index (Phi) is 4.11. The fourth-order valence-corrected chi connectivity index (χ4v) is 3.23. The summed E-state index contributed by atoms with van der Waals surface area (Å²) in [6.07, 6.45) is 3.63. The largest absolute Gasteiger partial charge is 0.338 e. The molecule has 1 aromatic carbocycles. The van der Waals surface area contributed by atoms with Gasteiger partial charge < -0.3 is 10.3 Å². The van der Waals surface area contributed by atoms with Gasteiger partial charge in [-0.05, 0) is 24.8 Å². The molecule has 6 nitrogen and oxygen atoms in total. The molecule has 0 bridgehead atoms. The van der Waals surface area contributed by atoms with Crippen molar-refractivity contribution < 1.29 is 13.2 Å². The minimum absolute atomic E-state index is 0.0792. The molecule has 2 N–H and O–H groups in total. The fourth-order valence-electron chi connectivity index (χ4n) is 3.23. The molecule has 1 atom stereocenters. The van der Waals surface area contributed by atoms with E-state index in [1.165, 1.54) is 6.20 Å². The van der Waals surface area contributed by atoms with Crippen LogP contribution in [-0.2, 0) is 0 Å². The summed E-state index contributed by atoms with van der Waals surface area (Å²) < 4.78 is 41.8. The highest BCUT2D eigenvalue weighted by molar-refractivity contribution is 5.91. The Morgan fingerprint density at radius 1 is 1.33 bits per heavy atom. The van der Waals surface area contributed by atoms with Crippen LogP contribution in [0.1, 0.15) is 25.3 Å². The van der Waals surface area contributed by atoms with Gasteiger partial charge in [0.15, 0.2) is 23.3 Å². The summed E-state index contributed by atoms with van der Waals surface area (Å²) in [6.45, 7) is 0. The molecule has 4 rings (SSSR count). The first-order chi connectivity index (χ1) is 13.0. The van der Waals surface area contributed by atoms with E-state index < -0.39 is 23.0 Å². The summed E-state index contributed by atoms with van der Waals surface area (Å²) in [5.41, 5.74) is -0.00303. The van der Waals surface area contributed by atoms with Crippen molar-refractivity contribution in [2.45, 2.75) is 25.3 Å². The average molecular weight is 373 g/mol. The molecule has 1 fully saturated rings. The molecule has 2 heterocycles. The van der Waals surface area contributed by atoms with Crippen LogP contribution in [0.25, 0.3) is 10.9 Å². The summed E-state index contributed by atoms with van der Waals surface area (Å²) in [7, 11) is 0. The summed E-state index contributed by atoms with van der Waals surface area (Å²) in [6, 6.07) is 5.17. The number of hydrogen-bond acceptors (Lipinski definition) is 4. The smallest absolute Gasteiger partial charge is 0.261 e. The molecule has 9 heteroatoms. The van der Waals surface area contributed by atoms with Crippen molar-refractivity contribution in [2.24, 2.45) is 5.92 Å². The lowest BCUT2D eigenvalue weighted by Crippen LogP contribution is -2.13. The van der Waals surface area contributed by atoms with Crippen molar-refractivity contribution in [3.8, 4) is 6.07 Å². The molecular formula is C18H14F3N5O. The molecule has 0 amide bonds. The second kappa shape index (κ2) is 6.46. The highest BCUT2D eigenvalue weighted by Crippen LogP contribution is 2.43. The van der Waals surface area contributed by atoms with Crippen molar-refractivity contribution in [3.05, 3.63) is 52.2 Å². The number of halogens is 3. The maximum Gasteiger partial charge on any atom is 0.261 e. The highest BCUT2D eigenvalue weighted by Gasteiger charge is 2.34. The lowest BCUT2D eigenvalue weighted by atomic mass is 10.1. The third kappa shape index (κ3) is 3.03. The van der Waals surface area contributed by atoms with Gasteiger partial charge in [-0.3, -0.25) is 9.48 Å². The lowest BCUT2D eigenvalue weighted by Gasteiger charge is -2.14. The first-order valence-electron chi connectivity index (χ1n) is 8.38. The maximum absolute atomic E-state index is 13.5. The fraction of sp³-hybridized carbons (Fsp3) is 0.278. The first-order valence-corrected chi connectivity index (χ1v) is 8.38. The summed E-state index contributed by atoms with van der Waals surface area (Å²) >= 11 is 0. The predicted octanol–water partition coefficient (Wildman–Crippen LogP) is 3.75. The van der Waals surface area contributed by atoms with Crippen LogP contribution in [0.5, 0.6) is 0 Å². The van der Waals surface area contributed by atoms with Crippen LogP contribution in [0.2, 0.25) is 0 Å². The summed E-state index contributed by atoms with van der Waals surface area (Å²) in [5, 5.41) is 16.4. The number of anilines is 2. The van der Waals surface area contributed by atoms with Crippen LogP contribution >= 0.6 is 0 Å². The number of nitrogens with zero attached hydrogens (tertiary/aromatic N) is 3. The van der Waals surface area contributed by atoms with E-state index in [2.05, 4.69) is 21.5 Å². The topological polar surface area (TPSA) is 86.5 Å². The number of nitrogens with one attached hydrogen (secondary N) is 2. The van der Waals surface area contributed by atoms with Crippen molar-refractivity contribution >= 4 is 22.4 Å². The Morgan fingerprint density at radius 3 is 2.67 bits per heavy atom. The molecule has 1 aliphatic carbocycles. The Bertz CT molecular complexity index is 1100. The van der Waals surface area contributed by atoms with Crippen LogP contribution in [0.3, 0.4) is 0 Å². The van der Waals surface area contributed by atoms with E-state index in [4.69, 9.17) is 5.26 Å². The number of pyridine rings is 1. The Balaban J connectivity index is 1.84. The molecule has 2 aromatic heterocycles. The van der Waals surface area contributed by atoms with E-state index >= 15 is 0 Å². The SMILES string of the molecule is N#CCC(C1CC1)n1nc(Nc2cc(F)c(F)c(F)c2)c2c(=O)[nH]ccc21. The molecule has 138 valence electrons. The van der Waals surface area contributed by atoms with E-state index in [-0.39, 0.29) is 29.4 Å². The zero-order valence-electron chi connectivity index (χ0n) is 14.0. The predicted molar refractivity (Wildman–Crippen MR) is 91.9 cm³/mol. The molecule has 0 aliphatic heterocycles. The third-order valence-electron chi connectivity index (χ3n) is 4.66. The molecule has 1 unspecified atom stereocenters. The summed E-state index contributed by atoms with van der Waals surface area (Å²) in [5.74, 6) is -3.90. The van der Waals surface area contributed by atoms with E-state index in [1.54, 1.807) is 10.7 Å². The second-order valence-electron chi connectivity index (χ2n) is 6.51. The molecule has 0 saturated heterocycles. The zero-order valence-corrected chi connectivity index (χ0v) is 14.0. The molecule has 3 aromatic rings. The van der Waals surface area contributed by atoms with Crippen molar-refractivity contribution in [2.75, 3.05) is 5.32 Å². The zero-order chi connectivity index (χ0) is 19.1. The van der Waals surface area contributed by atoms with Gasteiger partial charge in [0.1, 0.15) is 5.39 Å². The van der Waals surface area contributed by atoms with E-state index in [0.29, 0.717) is 11.4 Å². The van der Waals surface area contributed by atoms with Gasteiger partial charge >= 0.3 is 0 Å². The van der Waals surface area contributed by atoms with Gasteiger partial charge in [-0.15, -0.1) is 0 Å². The van der Waals surface area contributed by atoms with Gasteiger partial charge in [0, 0.05) is 24.0 Å². The lowest BCUT2D eigenvalue weighted by molar-refractivity contribution is 0.426. The maximum atomic E-state index is 13.5. The molecule has 1 saturated carbocycles. The van der Waals surface area contributed by atoms with Crippen LogP contribution in [0, 0.1) is 34.7 Å². The van der Waals surface area contributed by atoms with Gasteiger partial charge in [-0.1, -0.05) is 0 Å². The van der Waals surface area contributed by atoms with Gasteiger partial charge in [-0.25, -0.2) is 13.2 Å². The number of fused-ring (bicyclic) bond motifs is 1. The van der Waals surface area contributed by atoms with Gasteiger partial charge in [0.2, 0.25) is 0 Å². The first kappa shape index (κ1) is 17.1. The van der Waals surface area contributed by atoms with E-state index in [0.717, 1.165) is 25.0 Å². The molecule has 0 spiro atoms. The van der Waals surface area contributed by atoms with Crippen LogP contribution < -0.4 is 10.9 Å². The number of nitriles is 1. The standard InChI is InChI=1S/C18H14F3N5O/c19-11-7-10(8-12(20)16(11)21)24-17-15-14(4-6-23-18(15)27)26(25-17)13(3-5-22)9-1-2-9/h4,6-9,13H,1-3H2,(H,23,27)(H,24,25). The van der Waals surface area contributed by atoms with Gasteiger partial charge in [0.25, 0.3) is 5.56 Å². The molecular weight excluding hydrogens is 359 g/mol. The number of aromatic amines is 1. The number of H-pyrrole nitrogens is 1. The number of aromatic nitrogens is 3.